The summed E-state index contributed by atoms with van der Waals surface area (Å²) in [4.78, 5) is 4.15. The van der Waals surface area contributed by atoms with Crippen LogP contribution in [0.15, 0.2) is 29.7 Å². The standard InChI is InChI=1S/C13H7Cl2F6N3O/c1-25-23-11(13(19,20)21)6-4-22-24(5-6)10-8(14)2-7(3-9(10)15)12(16,17)18/h2-5H,1H3. The number of benzene rings is 1. The molecule has 0 fully saturated rings. The lowest BCUT2D eigenvalue weighted by molar-refractivity contribution is -0.137. The lowest BCUT2D eigenvalue weighted by Crippen LogP contribution is -2.24. The van der Waals surface area contributed by atoms with Gasteiger partial charge in [0.15, 0.2) is 5.71 Å². The fourth-order valence-electron chi connectivity index (χ4n) is 1.87. The zero-order valence-corrected chi connectivity index (χ0v) is 13.6. The third kappa shape index (κ3) is 4.18. The van der Waals surface area contributed by atoms with Gasteiger partial charge in [-0.1, -0.05) is 28.4 Å². The highest BCUT2D eigenvalue weighted by atomic mass is 35.5. The first kappa shape index (κ1) is 19.4. The molecule has 0 spiro atoms. The second kappa shape index (κ2) is 6.75. The molecule has 2 rings (SSSR count). The third-order valence-corrected chi connectivity index (χ3v) is 3.46. The average Bonchev–Trinajstić information content (AvgIpc) is 2.90. The molecule has 1 aromatic carbocycles. The maximum absolute atomic E-state index is 12.9. The highest BCUT2D eigenvalue weighted by Gasteiger charge is 2.39. The number of alkyl halides is 6. The summed E-state index contributed by atoms with van der Waals surface area (Å²) >= 11 is 11.6. The van der Waals surface area contributed by atoms with Crippen LogP contribution in [0.4, 0.5) is 26.3 Å². The van der Waals surface area contributed by atoms with Crippen LogP contribution in [-0.2, 0) is 11.0 Å². The van der Waals surface area contributed by atoms with Gasteiger partial charge < -0.3 is 4.84 Å². The van der Waals surface area contributed by atoms with Crippen LogP contribution in [0.25, 0.3) is 5.69 Å². The fourth-order valence-corrected chi connectivity index (χ4v) is 2.54. The van der Waals surface area contributed by atoms with Gasteiger partial charge >= 0.3 is 12.4 Å². The van der Waals surface area contributed by atoms with Gasteiger partial charge in [0.25, 0.3) is 0 Å². The Balaban J connectivity index is 2.52. The molecule has 0 saturated heterocycles. The summed E-state index contributed by atoms with van der Waals surface area (Å²) in [5.41, 5.74) is -3.17. The van der Waals surface area contributed by atoms with E-state index in [1.54, 1.807) is 0 Å². The quantitative estimate of drug-likeness (QED) is 0.404. The Bertz CT molecular complexity index is 790. The van der Waals surface area contributed by atoms with Crippen LogP contribution in [0.1, 0.15) is 11.1 Å². The molecule has 25 heavy (non-hydrogen) atoms. The topological polar surface area (TPSA) is 39.4 Å². The number of halogens is 8. The van der Waals surface area contributed by atoms with Gasteiger partial charge in [-0.15, -0.1) is 0 Å². The van der Waals surface area contributed by atoms with Crippen molar-refractivity contribution in [3.05, 3.63) is 45.7 Å². The van der Waals surface area contributed by atoms with Gasteiger partial charge in [-0.3, -0.25) is 0 Å². The third-order valence-electron chi connectivity index (χ3n) is 2.88. The van der Waals surface area contributed by atoms with Gasteiger partial charge in [0, 0.05) is 11.8 Å². The second-order valence-electron chi connectivity index (χ2n) is 4.58. The van der Waals surface area contributed by atoms with E-state index >= 15 is 0 Å². The predicted molar refractivity (Wildman–Crippen MR) is 78.2 cm³/mol. The molecule has 0 amide bonds. The number of oxime groups is 1. The van der Waals surface area contributed by atoms with E-state index in [1.807, 2.05) is 0 Å². The van der Waals surface area contributed by atoms with E-state index in [2.05, 4.69) is 15.1 Å². The largest absolute Gasteiger partial charge is 0.437 e. The Kier molecular flexibility index (Phi) is 5.24. The molecule has 0 saturated carbocycles. The SMILES string of the molecule is CON=C(c1cnn(-c2c(Cl)cc(C(F)(F)F)cc2Cl)c1)C(F)(F)F. The maximum Gasteiger partial charge on any atom is 0.437 e. The molecule has 136 valence electrons. The minimum Gasteiger partial charge on any atom is -0.399 e. The summed E-state index contributed by atoms with van der Waals surface area (Å²) in [6.07, 6.45) is -7.85. The van der Waals surface area contributed by atoms with Crippen molar-refractivity contribution >= 4 is 28.9 Å². The molecule has 0 radical (unpaired) electrons. The Morgan fingerprint density at radius 2 is 1.68 bits per heavy atom. The summed E-state index contributed by atoms with van der Waals surface area (Å²) in [6, 6.07) is 1.19. The van der Waals surface area contributed by atoms with E-state index in [9.17, 15) is 26.3 Å². The van der Waals surface area contributed by atoms with Crippen LogP contribution < -0.4 is 0 Å². The van der Waals surface area contributed by atoms with Gasteiger partial charge in [-0.05, 0) is 12.1 Å². The first-order valence-corrected chi connectivity index (χ1v) is 7.00. The minimum atomic E-state index is -4.84. The van der Waals surface area contributed by atoms with Crippen molar-refractivity contribution in [1.29, 1.82) is 0 Å². The molecule has 4 nitrogen and oxygen atoms in total. The van der Waals surface area contributed by atoms with Crippen LogP contribution in [0, 0.1) is 0 Å². The predicted octanol–water partition coefficient (Wildman–Crippen LogP) is 5.11. The van der Waals surface area contributed by atoms with Crippen molar-refractivity contribution < 1.29 is 31.2 Å². The van der Waals surface area contributed by atoms with E-state index in [0.717, 1.165) is 24.2 Å². The molecule has 0 bridgehead atoms. The van der Waals surface area contributed by atoms with E-state index in [1.165, 1.54) is 0 Å². The molecule has 2 aromatic rings. The van der Waals surface area contributed by atoms with Gasteiger partial charge in [-0.25, -0.2) is 4.68 Å². The van der Waals surface area contributed by atoms with Crippen molar-refractivity contribution in [3.63, 3.8) is 0 Å². The van der Waals surface area contributed by atoms with E-state index in [4.69, 9.17) is 23.2 Å². The number of hydrogen-bond acceptors (Lipinski definition) is 3. The molecule has 0 unspecified atom stereocenters. The number of aromatic nitrogens is 2. The molecular formula is C13H7Cl2F6N3O. The number of hydrogen-bond donors (Lipinski definition) is 0. The number of rotatable bonds is 3. The van der Waals surface area contributed by atoms with Crippen LogP contribution in [0.3, 0.4) is 0 Å². The van der Waals surface area contributed by atoms with Gasteiger partial charge in [0.1, 0.15) is 12.8 Å². The van der Waals surface area contributed by atoms with Crippen molar-refractivity contribution in [2.45, 2.75) is 12.4 Å². The minimum absolute atomic E-state index is 0.207. The van der Waals surface area contributed by atoms with Crippen molar-refractivity contribution in [2.75, 3.05) is 7.11 Å². The lowest BCUT2D eigenvalue weighted by atomic mass is 10.2. The molecule has 1 heterocycles. The molecule has 12 heteroatoms. The monoisotopic (exact) mass is 405 g/mol. The Morgan fingerprint density at radius 3 is 2.12 bits per heavy atom. The smallest absolute Gasteiger partial charge is 0.399 e. The summed E-state index contributed by atoms with van der Waals surface area (Å²) in [5, 5.41) is 5.66. The van der Waals surface area contributed by atoms with Crippen LogP contribution >= 0.6 is 23.2 Å². The summed E-state index contributed by atoms with van der Waals surface area (Å²) in [7, 11) is 0.930. The van der Waals surface area contributed by atoms with E-state index in [0.29, 0.717) is 12.1 Å². The summed E-state index contributed by atoms with van der Waals surface area (Å²) in [6.45, 7) is 0. The fraction of sp³-hybridized carbons (Fsp3) is 0.231. The molecule has 0 atom stereocenters. The summed E-state index contributed by atoms with van der Waals surface area (Å²) in [5.74, 6) is 0. The van der Waals surface area contributed by atoms with Crippen LogP contribution in [0.5, 0.6) is 0 Å². The van der Waals surface area contributed by atoms with Crippen LogP contribution in [0.2, 0.25) is 10.0 Å². The number of nitrogens with zero attached hydrogens (tertiary/aromatic N) is 3. The zero-order chi connectivity index (χ0) is 19.0. The first-order chi connectivity index (χ1) is 11.4. The zero-order valence-electron chi connectivity index (χ0n) is 12.1. The molecule has 1 aromatic heterocycles. The molecular weight excluding hydrogens is 399 g/mol. The first-order valence-electron chi connectivity index (χ1n) is 6.25. The van der Waals surface area contributed by atoms with Crippen molar-refractivity contribution in [1.82, 2.24) is 9.78 Å². The maximum atomic E-state index is 12.9. The van der Waals surface area contributed by atoms with Gasteiger partial charge in [0.2, 0.25) is 0 Å². The molecule has 0 aliphatic carbocycles. The second-order valence-corrected chi connectivity index (χ2v) is 5.39. The Hall–Kier alpha value is -1.94. The highest BCUT2D eigenvalue weighted by molar-refractivity contribution is 6.37. The van der Waals surface area contributed by atoms with Gasteiger partial charge in [-0.2, -0.15) is 31.4 Å². The molecule has 0 N–H and O–H groups in total. The normalized spacial score (nSPS) is 13.2. The molecule has 0 aliphatic rings. The Morgan fingerprint density at radius 1 is 1.12 bits per heavy atom. The lowest BCUT2D eigenvalue weighted by Gasteiger charge is -2.12. The van der Waals surface area contributed by atoms with Gasteiger partial charge in [0.05, 0.1) is 21.8 Å². The highest BCUT2D eigenvalue weighted by Crippen LogP contribution is 2.37. The summed E-state index contributed by atoms with van der Waals surface area (Å²) < 4.78 is 77.7. The average molecular weight is 406 g/mol. The van der Waals surface area contributed by atoms with E-state index in [-0.39, 0.29) is 5.69 Å². The van der Waals surface area contributed by atoms with E-state index < -0.39 is 39.2 Å². The molecule has 0 aliphatic heterocycles. The Labute approximate surface area is 146 Å². The van der Waals surface area contributed by atoms with Crippen LogP contribution in [-0.4, -0.2) is 28.8 Å². The van der Waals surface area contributed by atoms with Crippen molar-refractivity contribution in [3.8, 4) is 5.69 Å². The van der Waals surface area contributed by atoms with Crippen molar-refractivity contribution in [2.24, 2.45) is 5.16 Å².